The largest absolute Gasteiger partial charge is 0.496 e. The van der Waals surface area contributed by atoms with E-state index in [-0.39, 0.29) is 5.82 Å². The van der Waals surface area contributed by atoms with Gasteiger partial charge in [0, 0.05) is 22.6 Å². The normalized spacial score (nSPS) is 10.0. The van der Waals surface area contributed by atoms with Crippen LogP contribution >= 0.6 is 15.9 Å². The summed E-state index contributed by atoms with van der Waals surface area (Å²) in [5.74, 6) is 0.139. The molecule has 0 amide bonds. The van der Waals surface area contributed by atoms with E-state index in [2.05, 4.69) is 15.9 Å². The molecule has 0 aliphatic rings. The molecule has 0 unspecified atom stereocenters. The summed E-state index contributed by atoms with van der Waals surface area (Å²) < 4.78 is 18.4. The summed E-state index contributed by atoms with van der Waals surface area (Å²) in [5.41, 5.74) is 6.22. The first-order chi connectivity index (χ1) is 5.69. The zero-order valence-electron chi connectivity index (χ0n) is 6.60. The lowest BCUT2D eigenvalue weighted by Gasteiger charge is -2.08. The maximum absolute atomic E-state index is 12.8. The van der Waals surface area contributed by atoms with Crippen LogP contribution in [0.3, 0.4) is 0 Å². The molecule has 1 rings (SSSR count). The molecule has 0 aliphatic carbocycles. The summed E-state index contributed by atoms with van der Waals surface area (Å²) in [6, 6.07) is 2.68. The fraction of sp³-hybridized carbons (Fsp3) is 0.250. The van der Waals surface area contributed by atoms with Crippen LogP contribution in [0.25, 0.3) is 0 Å². The maximum atomic E-state index is 12.8. The standard InChI is InChI=1S/C8H9BrFNO/c1-12-8-3-5(10)2-7(9)6(8)4-11/h2-3H,4,11H2,1H3. The van der Waals surface area contributed by atoms with E-state index in [1.807, 2.05) is 0 Å². The number of benzene rings is 1. The first kappa shape index (κ1) is 9.48. The fourth-order valence-corrected chi connectivity index (χ4v) is 1.54. The highest BCUT2D eigenvalue weighted by molar-refractivity contribution is 9.10. The van der Waals surface area contributed by atoms with Crippen molar-refractivity contribution in [3.05, 3.63) is 28.0 Å². The Bertz CT molecular complexity index is 291. The van der Waals surface area contributed by atoms with Crippen LogP contribution in [0.5, 0.6) is 5.75 Å². The lowest BCUT2D eigenvalue weighted by molar-refractivity contribution is 0.405. The van der Waals surface area contributed by atoms with Crippen molar-refractivity contribution < 1.29 is 9.13 Å². The van der Waals surface area contributed by atoms with Crippen molar-refractivity contribution in [1.82, 2.24) is 0 Å². The van der Waals surface area contributed by atoms with E-state index >= 15 is 0 Å². The predicted molar refractivity (Wildman–Crippen MR) is 48.5 cm³/mol. The molecular weight excluding hydrogens is 225 g/mol. The lowest BCUT2D eigenvalue weighted by atomic mass is 10.2. The molecule has 0 bridgehead atoms. The Morgan fingerprint density at radius 2 is 2.25 bits per heavy atom. The first-order valence-electron chi connectivity index (χ1n) is 3.41. The summed E-state index contributed by atoms with van der Waals surface area (Å²) in [6.07, 6.45) is 0. The molecular formula is C8H9BrFNO. The van der Waals surface area contributed by atoms with E-state index in [0.29, 0.717) is 16.8 Å². The van der Waals surface area contributed by atoms with E-state index in [1.165, 1.54) is 19.2 Å². The second kappa shape index (κ2) is 3.87. The van der Waals surface area contributed by atoms with Gasteiger partial charge >= 0.3 is 0 Å². The molecule has 0 aliphatic heterocycles. The van der Waals surface area contributed by atoms with Gasteiger partial charge in [-0.25, -0.2) is 4.39 Å². The number of nitrogens with two attached hydrogens (primary N) is 1. The highest BCUT2D eigenvalue weighted by Gasteiger charge is 2.07. The van der Waals surface area contributed by atoms with Crippen LogP contribution in [0.2, 0.25) is 0 Å². The van der Waals surface area contributed by atoms with Crippen molar-refractivity contribution >= 4 is 15.9 Å². The zero-order valence-corrected chi connectivity index (χ0v) is 8.19. The fourth-order valence-electron chi connectivity index (χ4n) is 0.960. The van der Waals surface area contributed by atoms with E-state index in [9.17, 15) is 4.39 Å². The molecule has 0 aromatic heterocycles. The molecule has 12 heavy (non-hydrogen) atoms. The van der Waals surface area contributed by atoms with Gasteiger partial charge in [-0.2, -0.15) is 0 Å². The van der Waals surface area contributed by atoms with Crippen molar-refractivity contribution in [1.29, 1.82) is 0 Å². The third kappa shape index (κ3) is 1.76. The van der Waals surface area contributed by atoms with Crippen LogP contribution in [-0.2, 0) is 6.54 Å². The molecule has 4 heteroatoms. The van der Waals surface area contributed by atoms with Crippen molar-refractivity contribution in [2.75, 3.05) is 7.11 Å². The Kier molecular flexibility index (Phi) is 3.05. The number of methoxy groups -OCH3 is 1. The van der Waals surface area contributed by atoms with Gasteiger partial charge in [-0.15, -0.1) is 0 Å². The van der Waals surface area contributed by atoms with Gasteiger partial charge in [0.1, 0.15) is 11.6 Å². The summed E-state index contributed by atoms with van der Waals surface area (Å²) in [4.78, 5) is 0. The van der Waals surface area contributed by atoms with Crippen LogP contribution in [0.15, 0.2) is 16.6 Å². The maximum Gasteiger partial charge on any atom is 0.128 e. The lowest BCUT2D eigenvalue weighted by Crippen LogP contribution is -2.01. The van der Waals surface area contributed by atoms with Crippen LogP contribution < -0.4 is 10.5 Å². The molecule has 0 heterocycles. The minimum Gasteiger partial charge on any atom is -0.496 e. The summed E-state index contributed by atoms with van der Waals surface area (Å²) in [7, 11) is 1.49. The molecule has 0 radical (unpaired) electrons. The third-order valence-electron chi connectivity index (χ3n) is 1.54. The second-order valence-electron chi connectivity index (χ2n) is 2.27. The van der Waals surface area contributed by atoms with Crippen LogP contribution in [0.1, 0.15) is 5.56 Å². The molecule has 0 atom stereocenters. The monoisotopic (exact) mass is 233 g/mol. The van der Waals surface area contributed by atoms with Crippen LogP contribution in [0.4, 0.5) is 4.39 Å². The Balaban J connectivity index is 3.24. The SMILES string of the molecule is COc1cc(F)cc(Br)c1CN. The summed E-state index contributed by atoms with van der Waals surface area (Å²) in [6.45, 7) is 0.323. The molecule has 0 saturated heterocycles. The van der Waals surface area contributed by atoms with Gasteiger partial charge in [0.05, 0.1) is 7.11 Å². The number of hydrogen-bond donors (Lipinski definition) is 1. The smallest absolute Gasteiger partial charge is 0.128 e. The van der Waals surface area contributed by atoms with E-state index in [0.717, 1.165) is 5.56 Å². The topological polar surface area (TPSA) is 35.2 Å². The number of hydrogen-bond acceptors (Lipinski definition) is 2. The molecule has 1 aromatic rings. The van der Waals surface area contributed by atoms with Crippen LogP contribution in [-0.4, -0.2) is 7.11 Å². The highest BCUT2D eigenvalue weighted by Crippen LogP contribution is 2.27. The van der Waals surface area contributed by atoms with Gasteiger partial charge in [-0.3, -0.25) is 0 Å². The van der Waals surface area contributed by atoms with Gasteiger partial charge in [-0.05, 0) is 6.07 Å². The molecule has 0 fully saturated rings. The first-order valence-corrected chi connectivity index (χ1v) is 4.20. The number of halogens is 2. The minimum atomic E-state index is -0.337. The minimum absolute atomic E-state index is 0.323. The number of rotatable bonds is 2. The zero-order chi connectivity index (χ0) is 9.14. The van der Waals surface area contributed by atoms with Gasteiger partial charge in [0.25, 0.3) is 0 Å². The average molecular weight is 234 g/mol. The Labute approximate surface area is 78.6 Å². The molecule has 2 N–H and O–H groups in total. The van der Waals surface area contributed by atoms with Crippen molar-refractivity contribution in [3.8, 4) is 5.75 Å². The van der Waals surface area contributed by atoms with Gasteiger partial charge in [0.2, 0.25) is 0 Å². The summed E-state index contributed by atoms with van der Waals surface area (Å²) in [5, 5.41) is 0. The Hall–Kier alpha value is -0.610. The molecule has 66 valence electrons. The Morgan fingerprint density at radius 3 is 2.75 bits per heavy atom. The third-order valence-corrected chi connectivity index (χ3v) is 2.25. The number of ether oxygens (including phenoxy) is 1. The van der Waals surface area contributed by atoms with E-state index in [1.54, 1.807) is 0 Å². The van der Waals surface area contributed by atoms with Crippen molar-refractivity contribution in [3.63, 3.8) is 0 Å². The van der Waals surface area contributed by atoms with Crippen molar-refractivity contribution in [2.45, 2.75) is 6.54 Å². The molecule has 0 saturated carbocycles. The van der Waals surface area contributed by atoms with E-state index in [4.69, 9.17) is 10.5 Å². The quantitative estimate of drug-likeness (QED) is 0.849. The predicted octanol–water partition coefficient (Wildman–Crippen LogP) is 2.06. The Morgan fingerprint density at radius 1 is 1.58 bits per heavy atom. The van der Waals surface area contributed by atoms with E-state index < -0.39 is 0 Å². The summed E-state index contributed by atoms with van der Waals surface area (Å²) >= 11 is 3.20. The van der Waals surface area contributed by atoms with Gasteiger partial charge in [-0.1, -0.05) is 15.9 Å². The van der Waals surface area contributed by atoms with Crippen molar-refractivity contribution in [2.24, 2.45) is 5.73 Å². The van der Waals surface area contributed by atoms with Gasteiger partial charge in [0.15, 0.2) is 0 Å². The molecule has 1 aromatic carbocycles. The molecule has 2 nitrogen and oxygen atoms in total. The average Bonchev–Trinajstić information content (AvgIpc) is 2.03. The van der Waals surface area contributed by atoms with Crippen LogP contribution in [0, 0.1) is 5.82 Å². The second-order valence-corrected chi connectivity index (χ2v) is 3.13. The molecule has 0 spiro atoms. The van der Waals surface area contributed by atoms with Gasteiger partial charge < -0.3 is 10.5 Å². The highest BCUT2D eigenvalue weighted by atomic mass is 79.9.